The topological polar surface area (TPSA) is 29.3 Å². The van der Waals surface area contributed by atoms with E-state index in [4.69, 9.17) is 5.73 Å². The van der Waals surface area contributed by atoms with Gasteiger partial charge in [-0.15, -0.1) is 0 Å². The summed E-state index contributed by atoms with van der Waals surface area (Å²) in [6, 6.07) is 6.67. The third-order valence-corrected chi connectivity index (χ3v) is 2.74. The Balaban J connectivity index is 3.05. The molecule has 0 aromatic heterocycles. The second-order valence-electron chi connectivity index (χ2n) is 4.28. The van der Waals surface area contributed by atoms with Crippen LogP contribution in [0.25, 0.3) is 0 Å². The summed E-state index contributed by atoms with van der Waals surface area (Å²) in [5.41, 5.74) is 9.28. The number of benzene rings is 1. The zero-order valence-electron chi connectivity index (χ0n) is 10.2. The van der Waals surface area contributed by atoms with Gasteiger partial charge in [-0.1, -0.05) is 13.0 Å². The molecule has 2 nitrogen and oxygen atoms in total. The molecule has 0 radical (unpaired) electrons. The van der Waals surface area contributed by atoms with Gasteiger partial charge in [0.1, 0.15) is 0 Å². The predicted octanol–water partition coefficient (Wildman–Crippen LogP) is 3.20. The van der Waals surface area contributed by atoms with Crippen molar-refractivity contribution < 1.29 is 0 Å². The van der Waals surface area contributed by atoms with Gasteiger partial charge in [0.05, 0.1) is 0 Å². The van der Waals surface area contributed by atoms with Crippen molar-refractivity contribution in [1.29, 1.82) is 0 Å². The predicted molar refractivity (Wildman–Crippen MR) is 68.4 cm³/mol. The molecule has 0 saturated carbocycles. The van der Waals surface area contributed by atoms with Crippen molar-refractivity contribution in [3.63, 3.8) is 0 Å². The van der Waals surface area contributed by atoms with Crippen LogP contribution in [0.2, 0.25) is 0 Å². The first kappa shape index (κ1) is 11.9. The summed E-state index contributed by atoms with van der Waals surface area (Å²) in [7, 11) is 0. The Morgan fingerprint density at radius 3 is 2.53 bits per heavy atom. The summed E-state index contributed by atoms with van der Waals surface area (Å²) in [4.78, 5) is 2.41. The highest BCUT2D eigenvalue weighted by atomic mass is 15.1. The molecule has 0 aliphatic carbocycles. The molecule has 0 heterocycles. The molecule has 2 N–H and O–H groups in total. The molecule has 1 rings (SSSR count). The van der Waals surface area contributed by atoms with Crippen molar-refractivity contribution in [2.24, 2.45) is 0 Å². The molecule has 0 bridgehead atoms. The van der Waals surface area contributed by atoms with E-state index < -0.39 is 0 Å². The Labute approximate surface area is 93.1 Å². The molecule has 0 spiro atoms. The Morgan fingerprint density at radius 1 is 1.33 bits per heavy atom. The zero-order chi connectivity index (χ0) is 11.4. The van der Waals surface area contributed by atoms with Crippen LogP contribution >= 0.6 is 0 Å². The van der Waals surface area contributed by atoms with Gasteiger partial charge < -0.3 is 10.6 Å². The Morgan fingerprint density at radius 2 is 2.00 bits per heavy atom. The fourth-order valence-electron chi connectivity index (χ4n) is 1.85. The first-order valence-electron chi connectivity index (χ1n) is 5.69. The van der Waals surface area contributed by atoms with Gasteiger partial charge >= 0.3 is 0 Å². The van der Waals surface area contributed by atoms with Crippen molar-refractivity contribution in [1.82, 2.24) is 0 Å². The van der Waals surface area contributed by atoms with E-state index in [1.807, 2.05) is 12.1 Å². The lowest BCUT2D eigenvalue weighted by molar-refractivity contribution is 0.669. The van der Waals surface area contributed by atoms with E-state index in [0.717, 1.165) is 18.7 Å². The lowest BCUT2D eigenvalue weighted by atomic mass is 10.1. The van der Waals surface area contributed by atoms with Crippen LogP contribution in [-0.2, 0) is 0 Å². The third-order valence-electron chi connectivity index (χ3n) is 2.74. The minimum absolute atomic E-state index is 0.519. The molecule has 0 aliphatic rings. The molecule has 1 aromatic carbocycles. The summed E-state index contributed by atoms with van der Waals surface area (Å²) in [6.45, 7) is 9.82. The molecular weight excluding hydrogens is 184 g/mol. The molecule has 84 valence electrons. The van der Waals surface area contributed by atoms with E-state index in [-0.39, 0.29) is 0 Å². The van der Waals surface area contributed by atoms with Crippen LogP contribution < -0.4 is 10.6 Å². The van der Waals surface area contributed by atoms with Crippen molar-refractivity contribution in [2.75, 3.05) is 17.2 Å². The maximum absolute atomic E-state index is 5.93. The highest BCUT2D eigenvalue weighted by molar-refractivity contribution is 5.64. The van der Waals surface area contributed by atoms with Gasteiger partial charge in [0.25, 0.3) is 0 Å². The number of anilines is 2. The maximum atomic E-state index is 5.93. The molecule has 0 atom stereocenters. The molecule has 0 aliphatic heterocycles. The SMILES string of the molecule is CCCN(c1cccc(N)c1C)C(C)C. The van der Waals surface area contributed by atoms with Gasteiger partial charge in [-0.3, -0.25) is 0 Å². The van der Waals surface area contributed by atoms with Crippen LogP contribution in [0.5, 0.6) is 0 Å². The van der Waals surface area contributed by atoms with Gasteiger partial charge in [0, 0.05) is 24.0 Å². The molecule has 0 saturated heterocycles. The smallest absolute Gasteiger partial charge is 0.0418 e. The number of hydrogen-bond donors (Lipinski definition) is 1. The molecule has 0 unspecified atom stereocenters. The number of nitrogen functional groups attached to an aromatic ring is 1. The van der Waals surface area contributed by atoms with Crippen LogP contribution in [0, 0.1) is 6.92 Å². The van der Waals surface area contributed by atoms with Gasteiger partial charge in [-0.25, -0.2) is 0 Å². The summed E-state index contributed by atoms with van der Waals surface area (Å²) in [5.74, 6) is 0. The molecule has 1 aromatic rings. The molecular formula is C13H22N2. The minimum Gasteiger partial charge on any atom is -0.398 e. The molecule has 0 amide bonds. The zero-order valence-corrected chi connectivity index (χ0v) is 10.2. The van der Waals surface area contributed by atoms with Crippen molar-refractivity contribution >= 4 is 11.4 Å². The van der Waals surface area contributed by atoms with Gasteiger partial charge in [-0.05, 0) is 44.9 Å². The fraction of sp³-hybridized carbons (Fsp3) is 0.538. The lowest BCUT2D eigenvalue weighted by Crippen LogP contribution is -2.32. The van der Waals surface area contributed by atoms with Crippen LogP contribution in [0.4, 0.5) is 11.4 Å². The Kier molecular flexibility index (Phi) is 4.01. The average molecular weight is 206 g/mol. The monoisotopic (exact) mass is 206 g/mol. The highest BCUT2D eigenvalue weighted by Gasteiger charge is 2.12. The van der Waals surface area contributed by atoms with E-state index in [1.54, 1.807) is 0 Å². The van der Waals surface area contributed by atoms with Crippen LogP contribution in [-0.4, -0.2) is 12.6 Å². The first-order valence-corrected chi connectivity index (χ1v) is 5.69. The van der Waals surface area contributed by atoms with E-state index in [9.17, 15) is 0 Å². The first-order chi connectivity index (χ1) is 7.07. The molecule has 0 fully saturated rings. The summed E-state index contributed by atoms with van der Waals surface area (Å²) in [6.07, 6.45) is 1.16. The van der Waals surface area contributed by atoms with Crippen molar-refractivity contribution in [3.05, 3.63) is 23.8 Å². The third kappa shape index (κ3) is 2.65. The normalized spacial score (nSPS) is 10.7. The van der Waals surface area contributed by atoms with Crippen LogP contribution in [0.3, 0.4) is 0 Å². The quantitative estimate of drug-likeness (QED) is 0.766. The number of hydrogen-bond acceptors (Lipinski definition) is 2. The maximum Gasteiger partial charge on any atom is 0.0418 e. The van der Waals surface area contributed by atoms with E-state index in [2.05, 4.69) is 38.7 Å². The second kappa shape index (κ2) is 5.06. The number of rotatable bonds is 4. The van der Waals surface area contributed by atoms with Crippen LogP contribution in [0.1, 0.15) is 32.8 Å². The number of nitrogens with zero attached hydrogens (tertiary/aromatic N) is 1. The highest BCUT2D eigenvalue weighted by Crippen LogP contribution is 2.26. The fourth-order valence-corrected chi connectivity index (χ4v) is 1.85. The summed E-state index contributed by atoms with van der Waals surface area (Å²) in [5, 5.41) is 0. The van der Waals surface area contributed by atoms with Crippen molar-refractivity contribution in [3.8, 4) is 0 Å². The Hall–Kier alpha value is -1.18. The van der Waals surface area contributed by atoms with E-state index in [0.29, 0.717) is 6.04 Å². The molecule has 2 heteroatoms. The van der Waals surface area contributed by atoms with Gasteiger partial charge in [0.15, 0.2) is 0 Å². The average Bonchev–Trinajstić information content (AvgIpc) is 2.19. The second-order valence-corrected chi connectivity index (χ2v) is 4.28. The van der Waals surface area contributed by atoms with E-state index >= 15 is 0 Å². The molecule has 15 heavy (non-hydrogen) atoms. The van der Waals surface area contributed by atoms with Crippen LogP contribution in [0.15, 0.2) is 18.2 Å². The lowest BCUT2D eigenvalue weighted by Gasteiger charge is -2.30. The Bertz CT molecular complexity index is 318. The number of nitrogens with two attached hydrogens (primary N) is 1. The van der Waals surface area contributed by atoms with Gasteiger partial charge in [0.2, 0.25) is 0 Å². The van der Waals surface area contributed by atoms with Crippen molar-refractivity contribution in [2.45, 2.75) is 40.2 Å². The van der Waals surface area contributed by atoms with Gasteiger partial charge in [-0.2, -0.15) is 0 Å². The minimum atomic E-state index is 0.519. The summed E-state index contributed by atoms with van der Waals surface area (Å²) < 4.78 is 0. The summed E-state index contributed by atoms with van der Waals surface area (Å²) >= 11 is 0. The largest absolute Gasteiger partial charge is 0.398 e. The standard InChI is InChI=1S/C13H22N2/c1-5-9-15(10(2)3)13-8-6-7-12(14)11(13)4/h6-8,10H,5,9,14H2,1-4H3. The van der Waals surface area contributed by atoms with E-state index in [1.165, 1.54) is 11.3 Å².